The van der Waals surface area contributed by atoms with Crippen molar-refractivity contribution < 1.29 is 33.0 Å². The molecule has 35 heavy (non-hydrogen) atoms. The maximum atomic E-state index is 14.4. The van der Waals surface area contributed by atoms with E-state index in [1.54, 1.807) is 6.92 Å². The fourth-order valence-corrected chi connectivity index (χ4v) is 4.20. The SMILES string of the molecule is CCC(NC(=O)OCC1c2ccccc2-c2ccccc21)C(=O)Nc1ccc(F)c(C(=O)O)c1F. The van der Waals surface area contributed by atoms with Crippen LogP contribution in [0.25, 0.3) is 11.1 Å². The second kappa shape index (κ2) is 9.92. The van der Waals surface area contributed by atoms with Crippen molar-refractivity contribution in [2.75, 3.05) is 11.9 Å². The number of carbonyl (C=O) groups is 3. The second-order valence-corrected chi connectivity index (χ2v) is 8.01. The molecule has 0 bridgehead atoms. The topological polar surface area (TPSA) is 105 Å². The number of aromatic carboxylic acids is 1. The molecule has 7 nitrogen and oxygen atoms in total. The van der Waals surface area contributed by atoms with Gasteiger partial charge in [-0.3, -0.25) is 4.79 Å². The van der Waals surface area contributed by atoms with Gasteiger partial charge >= 0.3 is 12.1 Å². The van der Waals surface area contributed by atoms with Gasteiger partial charge in [-0.15, -0.1) is 0 Å². The number of carbonyl (C=O) groups excluding carboxylic acids is 2. The number of hydrogen-bond acceptors (Lipinski definition) is 4. The number of halogens is 2. The van der Waals surface area contributed by atoms with Gasteiger partial charge in [0, 0.05) is 5.92 Å². The van der Waals surface area contributed by atoms with Gasteiger partial charge < -0.3 is 20.5 Å². The van der Waals surface area contributed by atoms with Crippen LogP contribution in [0, 0.1) is 11.6 Å². The zero-order valence-electron chi connectivity index (χ0n) is 18.7. The van der Waals surface area contributed by atoms with E-state index < -0.39 is 46.9 Å². The van der Waals surface area contributed by atoms with Gasteiger partial charge in [-0.25, -0.2) is 18.4 Å². The summed E-state index contributed by atoms with van der Waals surface area (Å²) in [4.78, 5) is 36.2. The summed E-state index contributed by atoms with van der Waals surface area (Å²) in [5.41, 5.74) is 2.52. The molecule has 2 amide bonds. The summed E-state index contributed by atoms with van der Waals surface area (Å²) in [7, 11) is 0. The van der Waals surface area contributed by atoms with Gasteiger partial charge in [0.05, 0.1) is 5.69 Å². The smallest absolute Gasteiger partial charge is 0.407 e. The predicted molar refractivity (Wildman–Crippen MR) is 124 cm³/mol. The molecule has 0 saturated carbocycles. The van der Waals surface area contributed by atoms with Gasteiger partial charge in [-0.1, -0.05) is 55.5 Å². The number of carboxylic acids is 1. The van der Waals surface area contributed by atoms with E-state index in [1.165, 1.54) is 0 Å². The van der Waals surface area contributed by atoms with Crippen molar-refractivity contribution in [3.05, 3.63) is 89.0 Å². The van der Waals surface area contributed by atoms with E-state index in [4.69, 9.17) is 9.84 Å². The molecule has 0 heterocycles. The number of fused-ring (bicyclic) bond motifs is 3. The molecule has 0 saturated heterocycles. The minimum atomic E-state index is -1.81. The Kier molecular flexibility index (Phi) is 6.77. The molecule has 1 atom stereocenters. The van der Waals surface area contributed by atoms with Crippen molar-refractivity contribution in [1.29, 1.82) is 0 Å². The molecule has 3 aromatic carbocycles. The van der Waals surface area contributed by atoms with Gasteiger partial charge in [0.1, 0.15) is 24.0 Å². The number of alkyl carbamates (subject to hydrolysis) is 1. The molecule has 0 radical (unpaired) electrons. The monoisotopic (exact) mass is 480 g/mol. The molecule has 1 unspecified atom stereocenters. The minimum absolute atomic E-state index is 0.0481. The van der Waals surface area contributed by atoms with E-state index in [9.17, 15) is 23.2 Å². The number of hydrogen-bond donors (Lipinski definition) is 3. The first kappa shape index (κ1) is 23.9. The Bertz CT molecular complexity index is 1270. The largest absolute Gasteiger partial charge is 0.477 e. The Labute approximate surface area is 199 Å². The number of rotatable bonds is 7. The van der Waals surface area contributed by atoms with Crippen molar-refractivity contribution in [3.8, 4) is 11.1 Å². The van der Waals surface area contributed by atoms with Crippen molar-refractivity contribution in [2.45, 2.75) is 25.3 Å². The Morgan fingerprint density at radius 2 is 1.57 bits per heavy atom. The zero-order chi connectivity index (χ0) is 25.1. The van der Waals surface area contributed by atoms with Crippen molar-refractivity contribution in [2.24, 2.45) is 0 Å². The number of ether oxygens (including phenoxy) is 1. The van der Waals surface area contributed by atoms with Crippen LogP contribution >= 0.6 is 0 Å². The Morgan fingerprint density at radius 1 is 0.971 bits per heavy atom. The number of anilines is 1. The maximum Gasteiger partial charge on any atom is 0.407 e. The summed E-state index contributed by atoms with van der Waals surface area (Å²) in [6, 6.07) is 16.3. The van der Waals surface area contributed by atoms with Crippen LogP contribution < -0.4 is 10.6 Å². The third-order valence-electron chi connectivity index (χ3n) is 5.92. The Morgan fingerprint density at radius 3 is 2.14 bits per heavy atom. The molecule has 4 rings (SSSR count). The van der Waals surface area contributed by atoms with Crippen molar-refractivity contribution >= 4 is 23.7 Å². The van der Waals surface area contributed by atoms with Crippen molar-refractivity contribution in [1.82, 2.24) is 5.32 Å². The lowest BCUT2D eigenvalue weighted by molar-refractivity contribution is -0.118. The third-order valence-corrected chi connectivity index (χ3v) is 5.92. The van der Waals surface area contributed by atoms with Gasteiger partial charge in [-0.05, 0) is 40.8 Å². The third kappa shape index (κ3) is 4.70. The summed E-state index contributed by atoms with van der Waals surface area (Å²) in [5.74, 6) is -5.45. The molecule has 0 aliphatic heterocycles. The van der Waals surface area contributed by atoms with Crippen molar-refractivity contribution in [3.63, 3.8) is 0 Å². The standard InChI is InChI=1S/C26H22F2N2O5/c1-2-20(24(31)29-21-12-11-19(27)22(23(21)28)25(32)33)30-26(34)35-13-18-16-9-5-3-7-14(16)15-8-4-6-10-17(15)18/h3-12,18,20H,2,13H2,1H3,(H,29,31)(H,30,34)(H,32,33). The average Bonchev–Trinajstić information content (AvgIpc) is 3.16. The first-order chi connectivity index (χ1) is 16.8. The van der Waals surface area contributed by atoms with Gasteiger partial charge in [0.15, 0.2) is 5.82 Å². The van der Waals surface area contributed by atoms with E-state index in [2.05, 4.69) is 10.6 Å². The molecule has 1 aliphatic rings. The molecule has 0 spiro atoms. The normalized spacial score (nSPS) is 12.9. The zero-order valence-corrected chi connectivity index (χ0v) is 18.7. The van der Waals surface area contributed by atoms with E-state index in [0.29, 0.717) is 0 Å². The number of amides is 2. The van der Waals surface area contributed by atoms with Crippen LogP contribution in [-0.4, -0.2) is 35.7 Å². The van der Waals surface area contributed by atoms with Gasteiger partial charge in [-0.2, -0.15) is 0 Å². The molecule has 3 N–H and O–H groups in total. The average molecular weight is 480 g/mol. The summed E-state index contributed by atoms with van der Waals surface area (Å²) >= 11 is 0. The molecule has 1 aliphatic carbocycles. The second-order valence-electron chi connectivity index (χ2n) is 8.01. The highest BCUT2D eigenvalue weighted by Crippen LogP contribution is 2.44. The summed E-state index contributed by atoms with van der Waals surface area (Å²) in [5, 5.41) is 13.6. The van der Waals surface area contributed by atoms with E-state index >= 15 is 0 Å². The molecule has 180 valence electrons. The Hall–Kier alpha value is -4.27. The van der Waals surface area contributed by atoms with Crippen LogP contribution in [0.2, 0.25) is 0 Å². The molecule has 0 fully saturated rings. The van der Waals surface area contributed by atoms with E-state index in [-0.39, 0.29) is 18.9 Å². The van der Waals surface area contributed by atoms with Crippen LogP contribution in [0.3, 0.4) is 0 Å². The number of benzene rings is 3. The lowest BCUT2D eigenvalue weighted by Crippen LogP contribution is -2.44. The highest BCUT2D eigenvalue weighted by Gasteiger charge is 2.30. The van der Waals surface area contributed by atoms with Gasteiger partial charge in [0.25, 0.3) is 0 Å². The molecule has 9 heteroatoms. The summed E-state index contributed by atoms with van der Waals surface area (Å²) < 4.78 is 33.4. The number of carboxylic acid groups (broad SMARTS) is 1. The highest BCUT2D eigenvalue weighted by molar-refractivity contribution is 5.98. The van der Waals surface area contributed by atoms with Crippen LogP contribution in [-0.2, 0) is 9.53 Å². The maximum absolute atomic E-state index is 14.4. The first-order valence-electron chi connectivity index (χ1n) is 11.0. The molecular formula is C26H22F2N2O5. The highest BCUT2D eigenvalue weighted by atomic mass is 19.1. The van der Waals surface area contributed by atoms with Crippen LogP contribution in [0.4, 0.5) is 19.3 Å². The van der Waals surface area contributed by atoms with Gasteiger partial charge in [0.2, 0.25) is 5.91 Å². The minimum Gasteiger partial charge on any atom is -0.477 e. The Balaban J connectivity index is 1.41. The van der Waals surface area contributed by atoms with E-state index in [0.717, 1.165) is 34.4 Å². The fourth-order valence-electron chi connectivity index (χ4n) is 4.20. The lowest BCUT2D eigenvalue weighted by Gasteiger charge is -2.19. The summed E-state index contributed by atoms with van der Waals surface area (Å²) in [6.07, 6.45) is -0.690. The van der Waals surface area contributed by atoms with E-state index in [1.807, 2.05) is 48.5 Å². The van der Waals surface area contributed by atoms with Crippen LogP contribution in [0.15, 0.2) is 60.7 Å². The quantitative estimate of drug-likeness (QED) is 0.445. The lowest BCUT2D eigenvalue weighted by atomic mass is 9.98. The number of nitrogens with one attached hydrogen (secondary N) is 2. The predicted octanol–water partition coefficient (Wildman–Crippen LogP) is 4.92. The summed E-state index contributed by atoms with van der Waals surface area (Å²) in [6.45, 7) is 1.67. The first-order valence-corrected chi connectivity index (χ1v) is 11.0. The van der Waals surface area contributed by atoms with Crippen LogP contribution in [0.5, 0.6) is 0 Å². The van der Waals surface area contributed by atoms with Crippen LogP contribution in [0.1, 0.15) is 40.7 Å². The molecular weight excluding hydrogens is 458 g/mol. The molecule has 3 aromatic rings. The molecule has 0 aromatic heterocycles. The fraction of sp³-hybridized carbons (Fsp3) is 0.192.